The topological polar surface area (TPSA) is 76.5 Å². The SMILES string of the molecule is Cc1cc(C(C)(CN)CC(=O)O)c(C)o1. The lowest BCUT2D eigenvalue weighted by atomic mass is 9.79. The lowest BCUT2D eigenvalue weighted by molar-refractivity contribution is -0.138. The highest BCUT2D eigenvalue weighted by molar-refractivity contribution is 5.69. The maximum Gasteiger partial charge on any atom is 0.304 e. The van der Waals surface area contributed by atoms with E-state index in [2.05, 4.69) is 0 Å². The molecule has 0 aliphatic heterocycles. The molecule has 1 atom stereocenters. The molecule has 0 aliphatic rings. The van der Waals surface area contributed by atoms with Crippen molar-refractivity contribution < 1.29 is 14.3 Å². The number of carboxylic acid groups (broad SMARTS) is 1. The van der Waals surface area contributed by atoms with E-state index in [0.29, 0.717) is 6.54 Å². The number of rotatable bonds is 4. The molecule has 0 amide bonds. The molecule has 0 radical (unpaired) electrons. The molecule has 15 heavy (non-hydrogen) atoms. The van der Waals surface area contributed by atoms with E-state index in [1.807, 2.05) is 26.8 Å². The summed E-state index contributed by atoms with van der Waals surface area (Å²) in [6, 6.07) is 1.87. The van der Waals surface area contributed by atoms with Crippen LogP contribution in [0.1, 0.15) is 30.4 Å². The Morgan fingerprint density at radius 1 is 1.60 bits per heavy atom. The summed E-state index contributed by atoms with van der Waals surface area (Å²) in [6.45, 7) is 5.81. The second kappa shape index (κ2) is 4.06. The summed E-state index contributed by atoms with van der Waals surface area (Å²) in [5, 5.41) is 8.85. The summed E-state index contributed by atoms with van der Waals surface area (Å²) in [4.78, 5) is 10.8. The Morgan fingerprint density at radius 2 is 2.20 bits per heavy atom. The zero-order valence-corrected chi connectivity index (χ0v) is 9.33. The van der Waals surface area contributed by atoms with Gasteiger partial charge in [-0.1, -0.05) is 6.92 Å². The molecule has 0 aromatic carbocycles. The maximum atomic E-state index is 10.8. The van der Waals surface area contributed by atoms with E-state index in [0.717, 1.165) is 17.1 Å². The van der Waals surface area contributed by atoms with Crippen LogP contribution in [0, 0.1) is 13.8 Å². The summed E-state index contributed by atoms with van der Waals surface area (Å²) in [5.74, 6) is 0.690. The van der Waals surface area contributed by atoms with Gasteiger partial charge in [0, 0.05) is 17.5 Å². The van der Waals surface area contributed by atoms with Crippen molar-refractivity contribution in [2.75, 3.05) is 6.54 Å². The van der Waals surface area contributed by atoms with Gasteiger partial charge in [-0.25, -0.2) is 0 Å². The molecule has 3 N–H and O–H groups in total. The smallest absolute Gasteiger partial charge is 0.304 e. The van der Waals surface area contributed by atoms with Crippen molar-refractivity contribution >= 4 is 5.97 Å². The standard InChI is InChI=1S/C11H17NO3/c1-7-4-9(8(2)15-7)11(3,6-12)5-10(13)14/h4H,5-6,12H2,1-3H3,(H,13,14). The number of hydrogen-bond donors (Lipinski definition) is 2. The molecule has 1 rings (SSSR count). The number of aryl methyl sites for hydroxylation is 2. The Morgan fingerprint density at radius 3 is 2.53 bits per heavy atom. The van der Waals surface area contributed by atoms with Crippen LogP contribution in [0.2, 0.25) is 0 Å². The van der Waals surface area contributed by atoms with Crippen LogP contribution in [0.5, 0.6) is 0 Å². The van der Waals surface area contributed by atoms with Crippen LogP contribution in [0.4, 0.5) is 0 Å². The van der Waals surface area contributed by atoms with E-state index >= 15 is 0 Å². The molecule has 1 aromatic heterocycles. The van der Waals surface area contributed by atoms with Crippen LogP contribution in [-0.2, 0) is 10.2 Å². The van der Waals surface area contributed by atoms with Crippen LogP contribution in [0.25, 0.3) is 0 Å². The third-order valence-electron chi connectivity index (χ3n) is 2.68. The van der Waals surface area contributed by atoms with Crippen molar-refractivity contribution in [2.45, 2.75) is 32.6 Å². The van der Waals surface area contributed by atoms with Crippen molar-refractivity contribution in [3.8, 4) is 0 Å². The number of carbonyl (C=O) groups is 1. The Hall–Kier alpha value is -1.29. The normalized spacial score (nSPS) is 14.9. The maximum absolute atomic E-state index is 10.8. The van der Waals surface area contributed by atoms with E-state index in [9.17, 15) is 4.79 Å². The molecule has 84 valence electrons. The van der Waals surface area contributed by atoms with E-state index in [1.165, 1.54) is 0 Å². The van der Waals surface area contributed by atoms with Crippen LogP contribution < -0.4 is 5.73 Å². The first-order valence-electron chi connectivity index (χ1n) is 4.88. The van der Waals surface area contributed by atoms with Gasteiger partial charge in [0.1, 0.15) is 11.5 Å². The van der Waals surface area contributed by atoms with Crippen molar-refractivity contribution in [1.29, 1.82) is 0 Å². The third kappa shape index (κ3) is 2.39. The Labute approximate surface area is 89.1 Å². The summed E-state index contributed by atoms with van der Waals surface area (Å²) >= 11 is 0. The largest absolute Gasteiger partial charge is 0.481 e. The fraction of sp³-hybridized carbons (Fsp3) is 0.545. The number of aliphatic carboxylic acids is 1. The molecule has 1 unspecified atom stereocenters. The second-order valence-electron chi connectivity index (χ2n) is 4.16. The fourth-order valence-corrected chi connectivity index (χ4v) is 1.84. The van der Waals surface area contributed by atoms with Gasteiger partial charge in [0.25, 0.3) is 0 Å². The Balaban J connectivity index is 3.10. The van der Waals surface area contributed by atoms with Gasteiger partial charge in [0.2, 0.25) is 0 Å². The van der Waals surface area contributed by atoms with Gasteiger partial charge < -0.3 is 15.3 Å². The van der Waals surface area contributed by atoms with Gasteiger partial charge in [-0.3, -0.25) is 4.79 Å². The van der Waals surface area contributed by atoms with Crippen LogP contribution >= 0.6 is 0 Å². The van der Waals surface area contributed by atoms with Gasteiger partial charge in [-0.2, -0.15) is 0 Å². The van der Waals surface area contributed by atoms with Crippen molar-refractivity contribution in [3.05, 3.63) is 23.2 Å². The van der Waals surface area contributed by atoms with Crippen LogP contribution in [0.3, 0.4) is 0 Å². The molecule has 4 nitrogen and oxygen atoms in total. The molecule has 1 heterocycles. The van der Waals surface area contributed by atoms with E-state index in [1.54, 1.807) is 0 Å². The highest BCUT2D eigenvalue weighted by Crippen LogP contribution is 2.31. The van der Waals surface area contributed by atoms with Crippen LogP contribution in [-0.4, -0.2) is 17.6 Å². The van der Waals surface area contributed by atoms with Crippen molar-refractivity contribution in [3.63, 3.8) is 0 Å². The number of nitrogens with two attached hydrogens (primary N) is 1. The number of furan rings is 1. The minimum atomic E-state index is -0.846. The molecule has 0 bridgehead atoms. The molecule has 0 fully saturated rings. The van der Waals surface area contributed by atoms with Crippen LogP contribution in [0.15, 0.2) is 10.5 Å². The quantitative estimate of drug-likeness (QED) is 0.792. The molecule has 4 heteroatoms. The molecule has 0 spiro atoms. The van der Waals surface area contributed by atoms with Gasteiger partial charge in [0.05, 0.1) is 6.42 Å². The van der Waals surface area contributed by atoms with Gasteiger partial charge >= 0.3 is 5.97 Å². The molecular formula is C11H17NO3. The summed E-state index contributed by atoms with van der Waals surface area (Å²) in [7, 11) is 0. The number of carboxylic acids is 1. The minimum Gasteiger partial charge on any atom is -0.481 e. The molecule has 1 aromatic rings. The average molecular weight is 211 g/mol. The van der Waals surface area contributed by atoms with Crippen molar-refractivity contribution in [2.24, 2.45) is 5.73 Å². The van der Waals surface area contributed by atoms with E-state index in [-0.39, 0.29) is 6.42 Å². The van der Waals surface area contributed by atoms with Gasteiger partial charge in [0.15, 0.2) is 0 Å². The zero-order valence-electron chi connectivity index (χ0n) is 9.33. The first-order chi connectivity index (χ1) is 6.89. The Bertz CT molecular complexity index is 370. The zero-order chi connectivity index (χ0) is 11.6. The highest BCUT2D eigenvalue weighted by Gasteiger charge is 2.31. The molecule has 0 saturated carbocycles. The summed E-state index contributed by atoms with van der Waals surface area (Å²) in [5.41, 5.74) is 6.01. The van der Waals surface area contributed by atoms with E-state index in [4.69, 9.17) is 15.3 Å². The molecule has 0 saturated heterocycles. The molecule has 0 aliphatic carbocycles. The molecular weight excluding hydrogens is 194 g/mol. The lowest BCUT2D eigenvalue weighted by Gasteiger charge is -2.25. The lowest BCUT2D eigenvalue weighted by Crippen LogP contribution is -2.34. The first kappa shape index (κ1) is 11.8. The van der Waals surface area contributed by atoms with E-state index < -0.39 is 11.4 Å². The van der Waals surface area contributed by atoms with Crippen molar-refractivity contribution in [1.82, 2.24) is 0 Å². The minimum absolute atomic E-state index is 0.0172. The second-order valence-corrected chi connectivity index (χ2v) is 4.16. The predicted molar refractivity (Wildman–Crippen MR) is 56.8 cm³/mol. The average Bonchev–Trinajstić information content (AvgIpc) is 2.44. The monoisotopic (exact) mass is 211 g/mol. The van der Waals surface area contributed by atoms with Gasteiger partial charge in [-0.05, 0) is 19.9 Å². The third-order valence-corrected chi connectivity index (χ3v) is 2.68. The Kier molecular flexibility index (Phi) is 3.19. The highest BCUT2D eigenvalue weighted by atomic mass is 16.4. The fourth-order valence-electron chi connectivity index (χ4n) is 1.84. The summed E-state index contributed by atoms with van der Waals surface area (Å²) < 4.78 is 5.40. The predicted octanol–water partition coefficient (Wildman–Crippen LogP) is 1.59. The first-order valence-corrected chi connectivity index (χ1v) is 4.88. The van der Waals surface area contributed by atoms with Gasteiger partial charge in [-0.15, -0.1) is 0 Å². The summed E-state index contributed by atoms with van der Waals surface area (Å²) in [6.07, 6.45) is 0.0172. The number of hydrogen-bond acceptors (Lipinski definition) is 3.